The van der Waals surface area contributed by atoms with Crippen molar-refractivity contribution >= 4 is 15.9 Å². The van der Waals surface area contributed by atoms with Gasteiger partial charge in [-0.05, 0) is 34.0 Å². The summed E-state index contributed by atoms with van der Waals surface area (Å²) >= 11 is 3.07. The fourth-order valence-electron chi connectivity index (χ4n) is 1.18. The fraction of sp³-hybridized carbons (Fsp3) is 0.333. The second-order valence-corrected chi connectivity index (χ2v) is 3.50. The average Bonchev–Trinajstić information content (AvgIpc) is 2.11. The molecule has 1 aromatic rings. The zero-order chi connectivity index (χ0) is 10.7. The smallest absolute Gasteiger partial charge is 0.249 e. The number of alkyl halides is 2. The first kappa shape index (κ1) is 11.1. The second kappa shape index (κ2) is 4.47. The van der Waals surface area contributed by atoms with Crippen molar-refractivity contribution in [3.05, 3.63) is 27.5 Å². The van der Waals surface area contributed by atoms with Crippen LogP contribution < -0.4 is 0 Å². The highest BCUT2D eigenvalue weighted by atomic mass is 79.9. The highest BCUT2D eigenvalue weighted by molar-refractivity contribution is 9.10. The molecule has 0 aliphatic rings. The van der Waals surface area contributed by atoms with E-state index in [1.807, 2.05) is 6.07 Å². The van der Waals surface area contributed by atoms with E-state index in [9.17, 15) is 8.78 Å². The van der Waals surface area contributed by atoms with Crippen LogP contribution in [-0.4, -0.2) is 4.98 Å². The lowest BCUT2D eigenvalue weighted by Gasteiger charge is -2.10. The van der Waals surface area contributed by atoms with Gasteiger partial charge < -0.3 is 0 Å². The molecule has 0 bridgehead atoms. The molecule has 0 atom stereocenters. The van der Waals surface area contributed by atoms with E-state index in [0.29, 0.717) is 15.7 Å². The van der Waals surface area contributed by atoms with Gasteiger partial charge in [-0.3, -0.25) is 0 Å². The van der Waals surface area contributed by atoms with Crippen molar-refractivity contribution in [3.63, 3.8) is 0 Å². The Morgan fingerprint density at radius 2 is 2.29 bits per heavy atom. The van der Waals surface area contributed by atoms with Gasteiger partial charge in [0.1, 0.15) is 4.60 Å². The molecular weight excluding hydrogens is 254 g/mol. The molecule has 0 spiro atoms. The molecule has 5 heteroatoms. The van der Waals surface area contributed by atoms with Crippen molar-refractivity contribution in [2.45, 2.75) is 19.8 Å². The Morgan fingerprint density at radius 3 is 2.79 bits per heavy atom. The minimum atomic E-state index is -2.57. The molecule has 0 saturated carbocycles. The zero-order valence-electron chi connectivity index (χ0n) is 7.39. The molecular formula is C9H7BrF2N2. The van der Waals surface area contributed by atoms with Crippen LogP contribution >= 0.6 is 15.9 Å². The largest absolute Gasteiger partial charge is 0.264 e. The Morgan fingerprint density at radius 1 is 1.64 bits per heavy atom. The van der Waals surface area contributed by atoms with Crippen molar-refractivity contribution in [2.75, 3.05) is 0 Å². The molecule has 0 amide bonds. The summed E-state index contributed by atoms with van der Waals surface area (Å²) in [7, 11) is 0. The van der Waals surface area contributed by atoms with Gasteiger partial charge in [-0.15, -0.1) is 0 Å². The van der Waals surface area contributed by atoms with Gasteiger partial charge >= 0.3 is 0 Å². The number of aromatic nitrogens is 1. The minimum Gasteiger partial charge on any atom is -0.249 e. The van der Waals surface area contributed by atoms with E-state index in [1.165, 1.54) is 6.20 Å². The van der Waals surface area contributed by atoms with Crippen LogP contribution in [0.1, 0.15) is 23.1 Å². The second-order valence-electron chi connectivity index (χ2n) is 2.75. The van der Waals surface area contributed by atoms with E-state index in [1.54, 1.807) is 6.92 Å². The molecule has 0 saturated heterocycles. The van der Waals surface area contributed by atoms with Gasteiger partial charge in [-0.2, -0.15) is 5.26 Å². The molecule has 1 heterocycles. The molecule has 0 aliphatic carbocycles. The molecule has 74 valence electrons. The van der Waals surface area contributed by atoms with E-state index in [0.717, 1.165) is 0 Å². The summed E-state index contributed by atoms with van der Waals surface area (Å²) in [6.07, 6.45) is -1.31. The molecule has 0 fully saturated rings. The Labute approximate surface area is 88.7 Å². The van der Waals surface area contributed by atoms with Gasteiger partial charge in [0.2, 0.25) is 0 Å². The number of hydrogen-bond acceptors (Lipinski definition) is 2. The van der Waals surface area contributed by atoms with E-state index in [4.69, 9.17) is 5.26 Å². The Kier molecular flexibility index (Phi) is 3.53. The molecule has 2 nitrogen and oxygen atoms in total. The molecule has 0 radical (unpaired) electrons. The number of halogens is 3. The summed E-state index contributed by atoms with van der Waals surface area (Å²) < 4.78 is 25.7. The summed E-state index contributed by atoms with van der Waals surface area (Å²) in [6, 6.07) is 1.84. The van der Waals surface area contributed by atoms with E-state index in [2.05, 4.69) is 20.9 Å². The van der Waals surface area contributed by atoms with E-state index in [-0.39, 0.29) is 12.0 Å². The first-order chi connectivity index (χ1) is 6.57. The zero-order valence-corrected chi connectivity index (χ0v) is 8.98. The number of rotatable bonds is 2. The fourth-order valence-corrected chi connectivity index (χ4v) is 1.50. The predicted octanol–water partition coefficient (Wildman–Crippen LogP) is 3.16. The lowest BCUT2D eigenvalue weighted by Crippen LogP contribution is -2.00. The van der Waals surface area contributed by atoms with Crippen molar-refractivity contribution in [2.24, 2.45) is 0 Å². The summed E-state index contributed by atoms with van der Waals surface area (Å²) in [6.45, 7) is 1.56. The van der Waals surface area contributed by atoms with Crippen LogP contribution in [0.2, 0.25) is 0 Å². The number of pyridine rings is 1. The molecule has 0 aliphatic heterocycles. The third kappa shape index (κ3) is 2.07. The van der Waals surface area contributed by atoms with Gasteiger partial charge in [0.25, 0.3) is 6.43 Å². The van der Waals surface area contributed by atoms with Crippen molar-refractivity contribution in [1.82, 2.24) is 4.98 Å². The number of nitriles is 1. The lowest BCUT2D eigenvalue weighted by atomic mass is 10.0. The van der Waals surface area contributed by atoms with Crippen LogP contribution in [0.3, 0.4) is 0 Å². The normalized spacial score (nSPS) is 10.3. The third-order valence-electron chi connectivity index (χ3n) is 1.88. The van der Waals surface area contributed by atoms with Gasteiger partial charge in [0, 0.05) is 11.8 Å². The molecule has 0 N–H and O–H groups in total. The maximum Gasteiger partial charge on any atom is 0.264 e. The van der Waals surface area contributed by atoms with Crippen LogP contribution in [0.15, 0.2) is 10.8 Å². The van der Waals surface area contributed by atoms with Gasteiger partial charge in [0.05, 0.1) is 12.5 Å². The number of nitrogens with zero attached hydrogens (tertiary/aromatic N) is 2. The van der Waals surface area contributed by atoms with Gasteiger partial charge in [-0.1, -0.05) is 0 Å². The van der Waals surface area contributed by atoms with Gasteiger partial charge in [0.15, 0.2) is 0 Å². The standard InChI is InChI=1S/C9H7BrF2N2/c1-5-7(9(11)12)6(2-3-13)4-14-8(5)10/h4,9H,2H2,1H3. The Balaban J connectivity index is 3.31. The minimum absolute atomic E-state index is 0.0409. The maximum absolute atomic E-state index is 12.6. The van der Waals surface area contributed by atoms with Gasteiger partial charge in [-0.25, -0.2) is 13.8 Å². The summed E-state index contributed by atoms with van der Waals surface area (Å²) in [5, 5.41) is 8.45. The van der Waals surface area contributed by atoms with Crippen LogP contribution in [0.4, 0.5) is 8.78 Å². The van der Waals surface area contributed by atoms with Crippen molar-refractivity contribution in [1.29, 1.82) is 5.26 Å². The predicted molar refractivity (Wildman–Crippen MR) is 50.9 cm³/mol. The van der Waals surface area contributed by atoms with Crippen LogP contribution in [-0.2, 0) is 6.42 Å². The molecule has 1 rings (SSSR count). The SMILES string of the molecule is Cc1c(Br)ncc(CC#N)c1C(F)F. The van der Waals surface area contributed by atoms with Crippen molar-refractivity contribution < 1.29 is 8.78 Å². The highest BCUT2D eigenvalue weighted by Crippen LogP contribution is 2.29. The first-order valence-corrected chi connectivity index (χ1v) is 4.66. The average molecular weight is 261 g/mol. The quantitative estimate of drug-likeness (QED) is 0.766. The van der Waals surface area contributed by atoms with Crippen LogP contribution in [0.25, 0.3) is 0 Å². The Hall–Kier alpha value is -1.02. The highest BCUT2D eigenvalue weighted by Gasteiger charge is 2.18. The lowest BCUT2D eigenvalue weighted by molar-refractivity contribution is 0.149. The van der Waals surface area contributed by atoms with E-state index >= 15 is 0 Å². The third-order valence-corrected chi connectivity index (χ3v) is 2.68. The molecule has 0 aromatic carbocycles. The topological polar surface area (TPSA) is 36.7 Å². The molecule has 0 unspecified atom stereocenters. The van der Waals surface area contributed by atoms with Crippen molar-refractivity contribution in [3.8, 4) is 6.07 Å². The summed E-state index contributed by atoms with van der Waals surface area (Å²) in [5.41, 5.74) is 0.601. The summed E-state index contributed by atoms with van der Waals surface area (Å²) in [5.74, 6) is 0. The maximum atomic E-state index is 12.6. The first-order valence-electron chi connectivity index (χ1n) is 3.87. The van der Waals surface area contributed by atoms with Crippen LogP contribution in [0, 0.1) is 18.3 Å². The Bertz CT molecular complexity index is 385. The summed E-state index contributed by atoms with van der Waals surface area (Å²) in [4.78, 5) is 3.87. The number of hydrogen-bond donors (Lipinski definition) is 0. The van der Waals surface area contributed by atoms with Crippen LogP contribution in [0.5, 0.6) is 0 Å². The molecule has 14 heavy (non-hydrogen) atoms. The monoisotopic (exact) mass is 260 g/mol. The van der Waals surface area contributed by atoms with E-state index < -0.39 is 6.43 Å². The molecule has 1 aromatic heterocycles.